The van der Waals surface area contributed by atoms with Gasteiger partial charge in [-0.25, -0.2) is 4.98 Å². The minimum Gasteiger partial charge on any atom is -0.494 e. The van der Waals surface area contributed by atoms with E-state index in [1.54, 1.807) is 6.07 Å². The molecule has 0 unspecified atom stereocenters. The summed E-state index contributed by atoms with van der Waals surface area (Å²) in [5.41, 5.74) is 7.84. The zero-order valence-corrected chi connectivity index (χ0v) is 17.3. The van der Waals surface area contributed by atoms with Gasteiger partial charge in [0.05, 0.1) is 18.7 Å². The number of benzene rings is 1. The average molecular weight is 403 g/mol. The van der Waals surface area contributed by atoms with Gasteiger partial charge in [0.2, 0.25) is 5.91 Å². The average Bonchev–Trinajstić information content (AvgIpc) is 2.65. The zero-order valence-electron chi connectivity index (χ0n) is 16.5. The van der Waals surface area contributed by atoms with Crippen LogP contribution in [0.2, 0.25) is 5.15 Å². The van der Waals surface area contributed by atoms with E-state index in [0.29, 0.717) is 42.1 Å². The number of ether oxygens (including phenoxy) is 1. The fourth-order valence-corrected chi connectivity index (χ4v) is 4.00. The van der Waals surface area contributed by atoms with Crippen molar-refractivity contribution in [3.63, 3.8) is 0 Å². The van der Waals surface area contributed by atoms with Gasteiger partial charge >= 0.3 is 0 Å². The Morgan fingerprint density at radius 2 is 2.11 bits per heavy atom. The summed E-state index contributed by atoms with van der Waals surface area (Å²) in [6, 6.07) is 9.77. The maximum Gasteiger partial charge on any atom is 0.237 e. The quantitative estimate of drug-likeness (QED) is 0.696. The molecule has 0 aliphatic carbocycles. The number of amides is 1. The van der Waals surface area contributed by atoms with Crippen LogP contribution < -0.4 is 15.8 Å². The molecule has 0 saturated carbocycles. The van der Waals surface area contributed by atoms with Crippen LogP contribution in [0.15, 0.2) is 36.5 Å². The molecule has 0 atom stereocenters. The molecule has 6 nitrogen and oxygen atoms in total. The number of likely N-dealkylation sites (tertiary alicyclic amines) is 1. The van der Waals surface area contributed by atoms with Crippen LogP contribution in [0.25, 0.3) is 0 Å². The van der Waals surface area contributed by atoms with Crippen LogP contribution in [-0.4, -0.2) is 49.1 Å². The van der Waals surface area contributed by atoms with Gasteiger partial charge in [0.1, 0.15) is 16.6 Å². The number of nitrogens with two attached hydrogens (primary N) is 1. The zero-order chi connectivity index (χ0) is 20.3. The molecule has 1 fully saturated rings. The molecule has 3 N–H and O–H groups in total. The number of hydrogen-bond donors (Lipinski definition) is 2. The lowest BCUT2D eigenvalue weighted by Gasteiger charge is -2.50. The second kappa shape index (κ2) is 8.47. The highest BCUT2D eigenvalue weighted by Crippen LogP contribution is 2.40. The van der Waals surface area contributed by atoms with Gasteiger partial charge in [-0.2, -0.15) is 0 Å². The van der Waals surface area contributed by atoms with E-state index < -0.39 is 5.41 Å². The number of carbonyl (C=O) groups excluding carboxylic acids is 1. The van der Waals surface area contributed by atoms with E-state index in [1.165, 1.54) is 18.9 Å². The van der Waals surface area contributed by atoms with E-state index in [4.69, 9.17) is 22.1 Å². The number of rotatable bonds is 7. The van der Waals surface area contributed by atoms with Crippen molar-refractivity contribution in [2.24, 2.45) is 5.73 Å². The summed E-state index contributed by atoms with van der Waals surface area (Å²) < 4.78 is 5.35. The van der Waals surface area contributed by atoms with Crippen LogP contribution in [0.3, 0.4) is 0 Å². The van der Waals surface area contributed by atoms with Crippen molar-refractivity contribution < 1.29 is 9.53 Å². The minimum absolute atomic E-state index is 0.0729. The molecule has 0 radical (unpaired) electrons. The van der Waals surface area contributed by atoms with Crippen LogP contribution in [0.4, 0.5) is 5.69 Å². The number of nitrogens with zero attached hydrogens (tertiary/aromatic N) is 2. The fraction of sp³-hybridized carbons (Fsp3) is 0.429. The Kier molecular flexibility index (Phi) is 6.23. The van der Waals surface area contributed by atoms with Crippen LogP contribution in [-0.2, 0) is 10.2 Å². The summed E-state index contributed by atoms with van der Waals surface area (Å²) in [6.07, 6.45) is 1.53. The third kappa shape index (κ3) is 3.85. The summed E-state index contributed by atoms with van der Waals surface area (Å²) >= 11 is 5.94. The lowest BCUT2D eigenvalue weighted by Crippen LogP contribution is -2.65. The molecule has 1 amide bonds. The SMILES string of the molecule is COc1cc(Cl)ncc1NC(=O)C1(c2ccccc2C(C)C)CN(CCN)C1. The topological polar surface area (TPSA) is 80.5 Å². The molecule has 1 aliphatic rings. The fourth-order valence-electron chi connectivity index (χ4n) is 3.85. The number of anilines is 1. The molecule has 0 bridgehead atoms. The van der Waals surface area contributed by atoms with Crippen LogP contribution in [0.5, 0.6) is 5.75 Å². The summed E-state index contributed by atoms with van der Waals surface area (Å²) in [4.78, 5) is 19.8. The number of methoxy groups -OCH3 is 1. The Labute approximate surface area is 171 Å². The van der Waals surface area contributed by atoms with Crippen molar-refractivity contribution >= 4 is 23.2 Å². The van der Waals surface area contributed by atoms with Gasteiger partial charge in [0, 0.05) is 32.2 Å². The van der Waals surface area contributed by atoms with Crippen molar-refractivity contribution in [2.45, 2.75) is 25.2 Å². The molecule has 28 heavy (non-hydrogen) atoms. The van der Waals surface area contributed by atoms with Crippen molar-refractivity contribution in [1.82, 2.24) is 9.88 Å². The Bertz CT molecular complexity index is 850. The van der Waals surface area contributed by atoms with Gasteiger partial charge in [0.15, 0.2) is 0 Å². The van der Waals surface area contributed by atoms with E-state index >= 15 is 0 Å². The highest BCUT2D eigenvalue weighted by molar-refractivity contribution is 6.29. The Morgan fingerprint density at radius 1 is 1.39 bits per heavy atom. The maximum atomic E-state index is 13.5. The second-order valence-corrected chi connectivity index (χ2v) is 7.87. The predicted octanol–water partition coefficient (Wildman–Crippen LogP) is 3.02. The molecular weight excluding hydrogens is 376 g/mol. The molecule has 3 rings (SSSR count). The molecule has 2 aromatic rings. The third-order valence-electron chi connectivity index (χ3n) is 5.27. The van der Waals surface area contributed by atoms with Gasteiger partial charge < -0.3 is 15.8 Å². The highest BCUT2D eigenvalue weighted by atomic mass is 35.5. The minimum atomic E-state index is -0.638. The first-order chi connectivity index (χ1) is 13.4. The summed E-state index contributed by atoms with van der Waals surface area (Å²) in [6.45, 7) is 6.88. The molecule has 2 heterocycles. The Morgan fingerprint density at radius 3 is 2.75 bits per heavy atom. The largest absolute Gasteiger partial charge is 0.494 e. The molecule has 1 aliphatic heterocycles. The predicted molar refractivity (Wildman–Crippen MR) is 112 cm³/mol. The van der Waals surface area contributed by atoms with Gasteiger partial charge in [-0.1, -0.05) is 49.7 Å². The number of carbonyl (C=O) groups is 1. The van der Waals surface area contributed by atoms with Crippen molar-refractivity contribution in [3.8, 4) is 5.75 Å². The Hall–Kier alpha value is -2.15. The van der Waals surface area contributed by atoms with E-state index in [1.807, 2.05) is 12.1 Å². The number of hydrogen-bond acceptors (Lipinski definition) is 5. The van der Waals surface area contributed by atoms with Crippen molar-refractivity contribution in [1.29, 1.82) is 0 Å². The Balaban J connectivity index is 1.97. The van der Waals surface area contributed by atoms with Crippen molar-refractivity contribution in [3.05, 3.63) is 52.8 Å². The first-order valence-electron chi connectivity index (χ1n) is 9.44. The van der Waals surface area contributed by atoms with Crippen LogP contribution >= 0.6 is 11.6 Å². The maximum absolute atomic E-state index is 13.5. The summed E-state index contributed by atoms with van der Waals surface area (Å²) in [7, 11) is 1.54. The molecule has 0 spiro atoms. The highest BCUT2D eigenvalue weighted by Gasteiger charge is 2.51. The molecule has 1 aromatic carbocycles. The number of halogens is 1. The van der Waals surface area contributed by atoms with E-state index in [-0.39, 0.29) is 5.91 Å². The van der Waals surface area contributed by atoms with Gasteiger partial charge in [-0.15, -0.1) is 0 Å². The van der Waals surface area contributed by atoms with E-state index in [2.05, 4.69) is 41.2 Å². The molecule has 7 heteroatoms. The van der Waals surface area contributed by atoms with Crippen LogP contribution in [0, 0.1) is 0 Å². The lowest BCUT2D eigenvalue weighted by atomic mass is 9.69. The molecule has 150 valence electrons. The lowest BCUT2D eigenvalue weighted by molar-refractivity contribution is -0.128. The smallest absolute Gasteiger partial charge is 0.237 e. The second-order valence-electron chi connectivity index (χ2n) is 7.48. The monoisotopic (exact) mass is 402 g/mol. The number of nitrogens with one attached hydrogen (secondary N) is 1. The summed E-state index contributed by atoms with van der Waals surface area (Å²) in [5, 5.41) is 3.33. The van der Waals surface area contributed by atoms with Gasteiger partial charge in [0.25, 0.3) is 0 Å². The molecular formula is C21H27ClN4O2. The summed E-state index contributed by atoms with van der Waals surface area (Å²) in [5.74, 6) is 0.728. The van der Waals surface area contributed by atoms with Crippen molar-refractivity contribution in [2.75, 3.05) is 38.6 Å². The first kappa shape index (κ1) is 20.6. The van der Waals surface area contributed by atoms with E-state index in [9.17, 15) is 4.79 Å². The van der Waals surface area contributed by atoms with Gasteiger partial charge in [-0.05, 0) is 17.0 Å². The van der Waals surface area contributed by atoms with Crippen LogP contribution in [0.1, 0.15) is 30.9 Å². The first-order valence-corrected chi connectivity index (χ1v) is 9.82. The third-order valence-corrected chi connectivity index (χ3v) is 5.47. The van der Waals surface area contributed by atoms with E-state index in [0.717, 1.165) is 12.1 Å². The normalized spacial score (nSPS) is 15.9. The molecule has 1 aromatic heterocycles. The number of aromatic nitrogens is 1. The molecule has 1 saturated heterocycles. The standard InChI is InChI=1S/C21H27ClN4O2/c1-14(2)15-6-4-5-7-16(15)21(12-26(13-21)9-8-23)20(27)25-17-11-24-19(22)10-18(17)28-3/h4-7,10-11,14H,8-9,12-13,23H2,1-3H3,(H,25,27). The van der Waals surface area contributed by atoms with Gasteiger partial charge in [-0.3, -0.25) is 9.69 Å². The number of pyridine rings is 1.